The number of thioether (sulfide) groups is 1. The molecule has 1 N–H and O–H groups in total. The van der Waals surface area contributed by atoms with E-state index < -0.39 is 9.84 Å². The van der Waals surface area contributed by atoms with E-state index in [1.54, 1.807) is 11.9 Å². The zero-order chi connectivity index (χ0) is 15.7. The number of imidazole rings is 1. The van der Waals surface area contributed by atoms with Crippen molar-refractivity contribution in [2.75, 3.05) is 24.3 Å². The number of hydrogen-bond acceptors (Lipinski definition) is 5. The first-order valence-corrected chi connectivity index (χ1v) is 9.79. The maximum Gasteiger partial charge on any atom is 0.233 e. The fraction of sp³-hybridized carbons (Fsp3) is 0.429. The zero-order valence-corrected chi connectivity index (χ0v) is 13.8. The van der Waals surface area contributed by atoms with Crippen LogP contribution in [0.2, 0.25) is 0 Å². The lowest BCUT2D eigenvalue weighted by atomic mass is 10.2. The van der Waals surface area contributed by atoms with Crippen LogP contribution in [0.5, 0.6) is 0 Å². The summed E-state index contributed by atoms with van der Waals surface area (Å²) in [5.41, 5.74) is 1.81. The molecule has 1 amide bonds. The van der Waals surface area contributed by atoms with Crippen molar-refractivity contribution in [3.8, 4) is 0 Å². The number of benzene rings is 1. The average molecular weight is 339 g/mol. The summed E-state index contributed by atoms with van der Waals surface area (Å²) in [4.78, 5) is 21.3. The second-order valence-electron chi connectivity index (χ2n) is 5.41. The molecule has 0 bridgehead atoms. The molecule has 1 aromatic carbocycles. The lowest BCUT2D eigenvalue weighted by Gasteiger charge is -2.22. The first kappa shape index (κ1) is 15.4. The van der Waals surface area contributed by atoms with E-state index in [0.29, 0.717) is 11.6 Å². The van der Waals surface area contributed by atoms with Crippen molar-refractivity contribution in [2.45, 2.75) is 17.6 Å². The number of carbonyl (C=O) groups excluding carboxylic acids is 1. The van der Waals surface area contributed by atoms with Gasteiger partial charge in [0.1, 0.15) is 0 Å². The number of aromatic nitrogens is 2. The van der Waals surface area contributed by atoms with Crippen molar-refractivity contribution in [1.82, 2.24) is 14.9 Å². The number of nitrogens with zero attached hydrogens (tertiary/aromatic N) is 2. The van der Waals surface area contributed by atoms with Crippen molar-refractivity contribution in [2.24, 2.45) is 0 Å². The van der Waals surface area contributed by atoms with Gasteiger partial charge in [0.15, 0.2) is 15.0 Å². The molecule has 0 saturated carbocycles. The molecule has 1 aromatic heterocycles. The minimum absolute atomic E-state index is 0.0740. The normalized spacial score (nSPS) is 20.3. The van der Waals surface area contributed by atoms with Gasteiger partial charge in [0.2, 0.25) is 5.91 Å². The molecule has 2 aromatic rings. The molecule has 0 radical (unpaired) electrons. The van der Waals surface area contributed by atoms with E-state index in [2.05, 4.69) is 9.97 Å². The number of sulfone groups is 1. The van der Waals surface area contributed by atoms with Gasteiger partial charge in [0.25, 0.3) is 0 Å². The van der Waals surface area contributed by atoms with Gasteiger partial charge in [-0.05, 0) is 18.6 Å². The van der Waals surface area contributed by atoms with Crippen LogP contribution in [0, 0.1) is 0 Å². The molecule has 118 valence electrons. The minimum atomic E-state index is -2.98. The summed E-state index contributed by atoms with van der Waals surface area (Å²) in [7, 11) is -1.30. The molecule has 2 heterocycles. The number of carbonyl (C=O) groups is 1. The second-order valence-corrected chi connectivity index (χ2v) is 8.60. The lowest BCUT2D eigenvalue weighted by Crippen LogP contribution is -2.38. The molecule has 0 unspecified atom stereocenters. The molecular formula is C14H17N3O3S2. The highest BCUT2D eigenvalue weighted by atomic mass is 32.2. The largest absolute Gasteiger partial charge is 0.341 e. The van der Waals surface area contributed by atoms with Gasteiger partial charge in [-0.3, -0.25) is 4.79 Å². The highest BCUT2D eigenvalue weighted by molar-refractivity contribution is 7.99. The van der Waals surface area contributed by atoms with Crippen LogP contribution in [-0.4, -0.2) is 59.5 Å². The van der Waals surface area contributed by atoms with Gasteiger partial charge in [-0.15, -0.1) is 0 Å². The number of H-pyrrole nitrogens is 1. The van der Waals surface area contributed by atoms with Crippen molar-refractivity contribution in [3.63, 3.8) is 0 Å². The summed E-state index contributed by atoms with van der Waals surface area (Å²) >= 11 is 1.33. The number of aromatic amines is 1. The molecule has 1 aliphatic heterocycles. The van der Waals surface area contributed by atoms with Crippen LogP contribution in [0.1, 0.15) is 6.42 Å². The third-order valence-corrected chi connectivity index (χ3v) is 6.46. The Morgan fingerprint density at radius 3 is 2.91 bits per heavy atom. The molecule has 1 atom stereocenters. The molecule has 1 saturated heterocycles. The van der Waals surface area contributed by atoms with Crippen molar-refractivity contribution < 1.29 is 13.2 Å². The number of para-hydroxylation sites is 2. The second kappa shape index (κ2) is 5.92. The van der Waals surface area contributed by atoms with Crippen molar-refractivity contribution >= 4 is 38.5 Å². The molecule has 1 aliphatic rings. The topological polar surface area (TPSA) is 83.1 Å². The zero-order valence-electron chi connectivity index (χ0n) is 12.2. The van der Waals surface area contributed by atoms with Gasteiger partial charge < -0.3 is 9.88 Å². The standard InChI is InChI=1S/C14H17N3O3S2/c1-17(10-6-7-22(19,20)9-10)13(18)8-21-14-15-11-4-2-3-5-12(11)16-14/h2-5,10H,6-9H2,1H3,(H,15,16)/t10-/m1/s1. The molecule has 3 rings (SSSR count). The van der Waals surface area contributed by atoms with Crippen molar-refractivity contribution in [1.29, 1.82) is 0 Å². The Labute approximate surface area is 133 Å². The Morgan fingerprint density at radius 2 is 2.23 bits per heavy atom. The molecule has 8 heteroatoms. The maximum atomic E-state index is 12.2. The lowest BCUT2D eigenvalue weighted by molar-refractivity contribution is -0.128. The van der Waals surface area contributed by atoms with Crippen LogP contribution in [0.25, 0.3) is 11.0 Å². The fourth-order valence-electron chi connectivity index (χ4n) is 2.51. The molecule has 6 nitrogen and oxygen atoms in total. The minimum Gasteiger partial charge on any atom is -0.341 e. The molecule has 0 spiro atoms. The number of hydrogen-bond donors (Lipinski definition) is 1. The Bertz CT molecular complexity index is 768. The number of rotatable bonds is 4. The summed E-state index contributed by atoms with van der Waals surface area (Å²) in [5.74, 6) is 0.413. The van der Waals surface area contributed by atoms with E-state index in [1.807, 2.05) is 24.3 Å². The third-order valence-electron chi connectivity index (χ3n) is 3.85. The van der Waals surface area contributed by atoms with Crippen molar-refractivity contribution in [3.05, 3.63) is 24.3 Å². The SMILES string of the molecule is CN(C(=O)CSc1nc2ccccc2[nH]1)[C@@H]1CCS(=O)(=O)C1. The Hall–Kier alpha value is -1.54. The molecule has 0 aliphatic carbocycles. The first-order valence-electron chi connectivity index (χ1n) is 6.98. The van der Waals surface area contributed by atoms with Gasteiger partial charge in [0, 0.05) is 13.1 Å². The van der Waals surface area contributed by atoms with Crippen LogP contribution in [0.3, 0.4) is 0 Å². The van der Waals surface area contributed by atoms with E-state index >= 15 is 0 Å². The Morgan fingerprint density at radius 1 is 1.45 bits per heavy atom. The maximum absolute atomic E-state index is 12.2. The van der Waals surface area contributed by atoms with Crippen LogP contribution >= 0.6 is 11.8 Å². The van der Waals surface area contributed by atoms with E-state index in [-0.39, 0.29) is 29.2 Å². The van der Waals surface area contributed by atoms with Crippen LogP contribution in [0.4, 0.5) is 0 Å². The summed E-state index contributed by atoms with van der Waals surface area (Å²) in [6, 6.07) is 7.48. The highest BCUT2D eigenvalue weighted by Crippen LogP contribution is 2.21. The Kier molecular flexibility index (Phi) is 4.14. The van der Waals surface area contributed by atoms with Crippen LogP contribution < -0.4 is 0 Å². The highest BCUT2D eigenvalue weighted by Gasteiger charge is 2.32. The summed E-state index contributed by atoms with van der Waals surface area (Å²) in [5, 5.41) is 0.696. The average Bonchev–Trinajstić information content (AvgIpc) is 3.06. The third kappa shape index (κ3) is 3.27. The number of nitrogens with one attached hydrogen (secondary N) is 1. The molecule has 1 fully saturated rings. The van der Waals surface area contributed by atoms with Gasteiger partial charge >= 0.3 is 0 Å². The van der Waals surface area contributed by atoms with E-state index in [9.17, 15) is 13.2 Å². The van der Waals surface area contributed by atoms with Gasteiger partial charge in [0.05, 0.1) is 28.3 Å². The smallest absolute Gasteiger partial charge is 0.233 e. The fourth-order valence-corrected chi connectivity index (χ4v) is 5.10. The van der Waals surface area contributed by atoms with E-state index in [0.717, 1.165) is 11.0 Å². The summed E-state index contributed by atoms with van der Waals surface area (Å²) in [6.07, 6.45) is 0.528. The van der Waals surface area contributed by atoms with E-state index in [4.69, 9.17) is 0 Å². The van der Waals surface area contributed by atoms with Gasteiger partial charge in [-0.2, -0.15) is 0 Å². The predicted octanol–water partition coefficient (Wildman–Crippen LogP) is 1.30. The first-order chi connectivity index (χ1) is 10.4. The summed E-state index contributed by atoms with van der Waals surface area (Å²) < 4.78 is 23.0. The van der Waals surface area contributed by atoms with Gasteiger partial charge in [-0.25, -0.2) is 13.4 Å². The molecule has 22 heavy (non-hydrogen) atoms. The quantitative estimate of drug-likeness (QED) is 0.849. The molecular weight excluding hydrogens is 322 g/mol. The predicted molar refractivity (Wildman–Crippen MR) is 86.6 cm³/mol. The summed E-state index contributed by atoms with van der Waals surface area (Å²) in [6.45, 7) is 0. The van der Waals surface area contributed by atoms with E-state index in [1.165, 1.54) is 11.8 Å². The van der Waals surface area contributed by atoms with Crippen LogP contribution in [0.15, 0.2) is 29.4 Å². The number of amides is 1. The number of fused-ring (bicyclic) bond motifs is 1. The van der Waals surface area contributed by atoms with Gasteiger partial charge in [-0.1, -0.05) is 23.9 Å². The Balaban J connectivity index is 1.60. The van der Waals surface area contributed by atoms with Crippen LogP contribution in [-0.2, 0) is 14.6 Å². The monoisotopic (exact) mass is 339 g/mol.